The molecule has 0 saturated carbocycles. The van der Waals surface area contributed by atoms with Crippen LogP contribution in [0.2, 0.25) is 5.02 Å². The van der Waals surface area contributed by atoms with E-state index in [9.17, 15) is 9.59 Å². The summed E-state index contributed by atoms with van der Waals surface area (Å²) in [5.41, 5.74) is 1.79. The van der Waals surface area contributed by atoms with Gasteiger partial charge in [0.2, 0.25) is 5.91 Å². The zero-order valence-corrected chi connectivity index (χ0v) is 14.8. The molecule has 0 bridgehead atoms. The molecule has 0 N–H and O–H groups in total. The van der Waals surface area contributed by atoms with Crippen molar-refractivity contribution in [1.82, 2.24) is 4.90 Å². The molecule has 1 fully saturated rings. The molecular weight excluding hydrogens is 336 g/mol. The van der Waals surface area contributed by atoms with Gasteiger partial charge in [-0.15, -0.1) is 0 Å². The number of anilines is 1. The van der Waals surface area contributed by atoms with Crippen molar-refractivity contribution in [2.75, 3.05) is 31.1 Å². The van der Waals surface area contributed by atoms with E-state index in [4.69, 9.17) is 11.6 Å². The average Bonchev–Trinajstić information content (AvgIpc) is 2.67. The molecule has 0 radical (unpaired) electrons. The van der Waals surface area contributed by atoms with Crippen molar-refractivity contribution < 1.29 is 9.59 Å². The number of ketones is 1. The first kappa shape index (κ1) is 17.5. The van der Waals surface area contributed by atoms with Gasteiger partial charge in [0.05, 0.1) is 0 Å². The first-order valence-electron chi connectivity index (χ1n) is 8.50. The maximum Gasteiger partial charge on any atom is 0.223 e. The molecule has 25 heavy (non-hydrogen) atoms. The van der Waals surface area contributed by atoms with Crippen molar-refractivity contribution in [2.24, 2.45) is 0 Å². The number of amides is 1. The molecule has 0 unspecified atom stereocenters. The summed E-state index contributed by atoms with van der Waals surface area (Å²) >= 11 is 5.92. The van der Waals surface area contributed by atoms with Crippen molar-refractivity contribution >= 4 is 29.0 Å². The minimum Gasteiger partial charge on any atom is -0.368 e. The number of halogens is 1. The number of Topliss-reactive ketones (excluding diaryl/α,β-unsaturated/α-hetero) is 1. The van der Waals surface area contributed by atoms with Crippen molar-refractivity contribution in [1.29, 1.82) is 0 Å². The van der Waals surface area contributed by atoms with Gasteiger partial charge < -0.3 is 9.80 Å². The highest BCUT2D eigenvalue weighted by atomic mass is 35.5. The lowest BCUT2D eigenvalue weighted by atomic mass is 10.1. The van der Waals surface area contributed by atoms with Crippen LogP contribution in [0.25, 0.3) is 0 Å². The zero-order valence-electron chi connectivity index (χ0n) is 14.0. The van der Waals surface area contributed by atoms with Gasteiger partial charge in [-0.3, -0.25) is 9.59 Å². The van der Waals surface area contributed by atoms with Gasteiger partial charge in [0, 0.05) is 55.3 Å². The second-order valence-corrected chi connectivity index (χ2v) is 6.57. The number of hydrogen-bond donors (Lipinski definition) is 0. The Balaban J connectivity index is 1.47. The van der Waals surface area contributed by atoms with E-state index in [1.54, 1.807) is 12.1 Å². The van der Waals surface area contributed by atoms with Gasteiger partial charge in [-0.1, -0.05) is 41.9 Å². The normalized spacial score (nSPS) is 14.4. The minimum absolute atomic E-state index is 0.0220. The van der Waals surface area contributed by atoms with Gasteiger partial charge >= 0.3 is 0 Å². The van der Waals surface area contributed by atoms with Crippen LogP contribution in [0.3, 0.4) is 0 Å². The molecular formula is C20H21ClN2O2. The van der Waals surface area contributed by atoms with Gasteiger partial charge in [-0.2, -0.15) is 0 Å². The fourth-order valence-corrected chi connectivity index (χ4v) is 3.14. The zero-order chi connectivity index (χ0) is 17.6. The first-order chi connectivity index (χ1) is 12.1. The Hall–Kier alpha value is -2.33. The summed E-state index contributed by atoms with van der Waals surface area (Å²) in [7, 11) is 0. The molecule has 2 aromatic rings. The number of rotatable bonds is 5. The van der Waals surface area contributed by atoms with Gasteiger partial charge in [0.1, 0.15) is 0 Å². The van der Waals surface area contributed by atoms with Crippen molar-refractivity contribution in [3.63, 3.8) is 0 Å². The summed E-state index contributed by atoms with van der Waals surface area (Å²) in [6.45, 7) is 2.95. The van der Waals surface area contributed by atoms with Crippen LogP contribution >= 0.6 is 11.6 Å². The second-order valence-electron chi connectivity index (χ2n) is 6.13. The van der Waals surface area contributed by atoms with Crippen LogP contribution in [-0.2, 0) is 4.79 Å². The quantitative estimate of drug-likeness (QED) is 0.768. The number of carbonyl (C=O) groups is 2. The molecule has 130 valence electrons. The number of benzene rings is 2. The molecule has 1 heterocycles. The Labute approximate surface area is 153 Å². The monoisotopic (exact) mass is 356 g/mol. The van der Waals surface area contributed by atoms with Crippen LogP contribution < -0.4 is 4.90 Å². The second kappa shape index (κ2) is 8.17. The van der Waals surface area contributed by atoms with Gasteiger partial charge in [0.15, 0.2) is 5.78 Å². The van der Waals surface area contributed by atoms with Crippen LogP contribution in [0, 0.1) is 0 Å². The SMILES string of the molecule is O=C(CCC(=O)N1CCN(c2ccc(Cl)cc2)CC1)c1ccccc1. The lowest BCUT2D eigenvalue weighted by Gasteiger charge is -2.36. The Bertz CT molecular complexity index is 723. The van der Waals surface area contributed by atoms with E-state index < -0.39 is 0 Å². The van der Waals surface area contributed by atoms with E-state index in [1.165, 1.54) is 0 Å². The highest BCUT2D eigenvalue weighted by Gasteiger charge is 2.21. The molecule has 5 heteroatoms. The van der Waals surface area contributed by atoms with E-state index in [0.29, 0.717) is 18.7 Å². The smallest absolute Gasteiger partial charge is 0.223 e. The highest BCUT2D eigenvalue weighted by molar-refractivity contribution is 6.30. The maximum absolute atomic E-state index is 12.4. The van der Waals surface area contributed by atoms with Crippen LogP contribution in [0.1, 0.15) is 23.2 Å². The lowest BCUT2D eigenvalue weighted by Crippen LogP contribution is -2.48. The largest absolute Gasteiger partial charge is 0.368 e. The van der Waals surface area contributed by atoms with E-state index >= 15 is 0 Å². The van der Waals surface area contributed by atoms with Crippen LogP contribution in [0.15, 0.2) is 54.6 Å². The van der Waals surface area contributed by atoms with Gasteiger partial charge in [0.25, 0.3) is 0 Å². The van der Waals surface area contributed by atoms with Gasteiger partial charge in [-0.25, -0.2) is 0 Å². The third-order valence-corrected chi connectivity index (χ3v) is 4.74. The third-order valence-electron chi connectivity index (χ3n) is 4.49. The Morgan fingerprint density at radius 3 is 2.12 bits per heavy atom. The summed E-state index contributed by atoms with van der Waals surface area (Å²) in [5, 5.41) is 0.723. The van der Waals surface area contributed by atoms with Crippen molar-refractivity contribution in [3.8, 4) is 0 Å². The molecule has 2 aromatic carbocycles. The minimum atomic E-state index is 0.0220. The predicted molar refractivity (Wildman–Crippen MR) is 100 cm³/mol. The molecule has 1 amide bonds. The summed E-state index contributed by atoms with van der Waals surface area (Å²) in [6.07, 6.45) is 0.537. The first-order valence-corrected chi connectivity index (χ1v) is 8.88. The van der Waals surface area contributed by atoms with Crippen LogP contribution in [-0.4, -0.2) is 42.8 Å². The molecule has 0 atom stereocenters. The summed E-state index contributed by atoms with van der Waals surface area (Å²) < 4.78 is 0. The number of piperazine rings is 1. The molecule has 1 aliphatic heterocycles. The number of nitrogens with zero attached hydrogens (tertiary/aromatic N) is 2. The molecule has 0 aromatic heterocycles. The fraction of sp³-hybridized carbons (Fsp3) is 0.300. The number of hydrogen-bond acceptors (Lipinski definition) is 3. The van der Waals surface area contributed by atoms with E-state index in [-0.39, 0.29) is 24.5 Å². The van der Waals surface area contributed by atoms with E-state index in [0.717, 1.165) is 23.8 Å². The lowest BCUT2D eigenvalue weighted by molar-refractivity contribution is -0.131. The van der Waals surface area contributed by atoms with Crippen molar-refractivity contribution in [3.05, 3.63) is 65.2 Å². The molecule has 1 saturated heterocycles. The van der Waals surface area contributed by atoms with Crippen LogP contribution in [0.4, 0.5) is 5.69 Å². The Kier molecular flexibility index (Phi) is 5.71. The Morgan fingerprint density at radius 1 is 0.840 bits per heavy atom. The third kappa shape index (κ3) is 4.60. The fourth-order valence-electron chi connectivity index (χ4n) is 3.01. The summed E-state index contributed by atoms with van der Waals surface area (Å²) in [6, 6.07) is 16.9. The molecule has 0 aliphatic carbocycles. The maximum atomic E-state index is 12.4. The molecule has 4 nitrogen and oxygen atoms in total. The highest BCUT2D eigenvalue weighted by Crippen LogP contribution is 2.19. The number of carbonyl (C=O) groups excluding carboxylic acids is 2. The van der Waals surface area contributed by atoms with Crippen molar-refractivity contribution in [2.45, 2.75) is 12.8 Å². The van der Waals surface area contributed by atoms with E-state index in [1.807, 2.05) is 47.4 Å². The molecule has 3 rings (SSSR count). The average molecular weight is 357 g/mol. The summed E-state index contributed by atoms with van der Waals surface area (Å²) in [4.78, 5) is 28.6. The van der Waals surface area contributed by atoms with E-state index in [2.05, 4.69) is 4.90 Å². The molecule has 0 spiro atoms. The predicted octanol–water partition coefficient (Wildman–Crippen LogP) is 3.65. The summed E-state index contributed by atoms with van der Waals surface area (Å²) in [5.74, 6) is 0.0776. The Morgan fingerprint density at radius 2 is 1.48 bits per heavy atom. The van der Waals surface area contributed by atoms with Gasteiger partial charge in [-0.05, 0) is 24.3 Å². The molecule has 1 aliphatic rings. The standard InChI is InChI=1S/C20H21ClN2O2/c21-17-6-8-18(9-7-17)22-12-14-23(15-13-22)20(25)11-10-19(24)16-4-2-1-3-5-16/h1-9H,10-15H2. The van der Waals surface area contributed by atoms with Crippen LogP contribution in [0.5, 0.6) is 0 Å². The topological polar surface area (TPSA) is 40.6 Å².